The van der Waals surface area contributed by atoms with Gasteiger partial charge in [-0.05, 0) is 17.9 Å². The molecule has 1 heterocycles. The highest BCUT2D eigenvalue weighted by molar-refractivity contribution is 7.09. The second-order valence-electron chi connectivity index (χ2n) is 2.51. The van der Waals surface area contributed by atoms with Crippen molar-refractivity contribution in [1.82, 2.24) is 5.32 Å². The molecule has 13 heavy (non-hydrogen) atoms. The first-order valence-corrected chi connectivity index (χ1v) is 4.87. The Morgan fingerprint density at radius 3 is 3.15 bits per heavy atom. The van der Waals surface area contributed by atoms with Crippen LogP contribution in [0.15, 0.2) is 17.5 Å². The highest BCUT2D eigenvalue weighted by Gasteiger charge is 1.98. The third-order valence-corrected chi connectivity index (χ3v) is 2.45. The first kappa shape index (κ1) is 9.75. The molecule has 68 valence electrons. The second-order valence-corrected chi connectivity index (χ2v) is 3.55. The maximum atomic E-state index is 10.8. The van der Waals surface area contributed by atoms with Gasteiger partial charge >= 0.3 is 0 Å². The second kappa shape index (κ2) is 5.33. The molecule has 1 aromatic rings. The zero-order chi connectivity index (χ0) is 9.52. The van der Waals surface area contributed by atoms with Crippen LogP contribution in [0.4, 0.5) is 0 Å². The summed E-state index contributed by atoms with van der Waals surface area (Å²) in [5.41, 5.74) is 0. The minimum Gasteiger partial charge on any atom is -0.355 e. The number of hydrogen-bond acceptors (Lipinski definition) is 3. The van der Waals surface area contributed by atoms with Gasteiger partial charge < -0.3 is 5.32 Å². The van der Waals surface area contributed by atoms with Crippen molar-refractivity contribution in [1.29, 1.82) is 5.26 Å². The number of amides is 1. The minimum atomic E-state index is -0.195. The van der Waals surface area contributed by atoms with Crippen LogP contribution in [0.2, 0.25) is 0 Å². The molecule has 0 saturated heterocycles. The van der Waals surface area contributed by atoms with Gasteiger partial charge in [0.2, 0.25) is 5.91 Å². The summed E-state index contributed by atoms with van der Waals surface area (Å²) < 4.78 is 0. The lowest BCUT2D eigenvalue weighted by molar-refractivity contribution is -0.120. The van der Waals surface area contributed by atoms with E-state index < -0.39 is 0 Å². The van der Waals surface area contributed by atoms with Gasteiger partial charge in [-0.3, -0.25) is 4.79 Å². The fourth-order valence-electron chi connectivity index (χ4n) is 0.914. The summed E-state index contributed by atoms with van der Waals surface area (Å²) in [7, 11) is 0. The quantitative estimate of drug-likeness (QED) is 0.786. The maximum absolute atomic E-state index is 10.8. The molecular weight excluding hydrogens is 184 g/mol. The van der Waals surface area contributed by atoms with Crippen molar-refractivity contribution >= 4 is 17.2 Å². The lowest BCUT2D eigenvalue weighted by Crippen LogP contribution is -2.24. The first-order chi connectivity index (χ1) is 6.33. The number of rotatable bonds is 4. The fraction of sp³-hybridized carbons (Fsp3) is 0.333. The number of nitrogens with one attached hydrogen (secondary N) is 1. The standard InChI is InChI=1S/C9H10N2OS/c10-5-3-9(12)11-6-4-8-2-1-7-13-8/h1-2,7H,3-4,6H2,(H,11,12). The Bertz CT molecular complexity index is 300. The summed E-state index contributed by atoms with van der Waals surface area (Å²) in [6, 6.07) is 5.81. The number of thiophene rings is 1. The topological polar surface area (TPSA) is 52.9 Å². The highest BCUT2D eigenvalue weighted by Crippen LogP contribution is 2.07. The Hall–Kier alpha value is -1.34. The van der Waals surface area contributed by atoms with Crippen molar-refractivity contribution in [3.05, 3.63) is 22.4 Å². The third kappa shape index (κ3) is 3.72. The molecule has 0 aliphatic carbocycles. The summed E-state index contributed by atoms with van der Waals surface area (Å²) in [5.74, 6) is -0.195. The average Bonchev–Trinajstić information content (AvgIpc) is 2.57. The Kier molecular flexibility index (Phi) is 4.00. The predicted molar refractivity (Wildman–Crippen MR) is 51.3 cm³/mol. The molecule has 1 N–H and O–H groups in total. The number of carbonyl (C=O) groups excluding carboxylic acids is 1. The van der Waals surface area contributed by atoms with E-state index in [-0.39, 0.29) is 12.3 Å². The highest BCUT2D eigenvalue weighted by atomic mass is 32.1. The number of nitrogens with zero attached hydrogens (tertiary/aromatic N) is 1. The van der Waals surface area contributed by atoms with E-state index in [1.807, 2.05) is 17.5 Å². The van der Waals surface area contributed by atoms with Gasteiger partial charge in [0, 0.05) is 11.4 Å². The number of nitriles is 1. The third-order valence-electron chi connectivity index (χ3n) is 1.51. The smallest absolute Gasteiger partial charge is 0.234 e. The lowest BCUT2D eigenvalue weighted by Gasteiger charge is -1.99. The molecule has 4 heteroatoms. The van der Waals surface area contributed by atoms with E-state index in [1.165, 1.54) is 4.88 Å². The zero-order valence-electron chi connectivity index (χ0n) is 7.12. The Balaban J connectivity index is 2.15. The van der Waals surface area contributed by atoms with Gasteiger partial charge in [0.15, 0.2) is 0 Å². The van der Waals surface area contributed by atoms with Crippen molar-refractivity contribution in [3.8, 4) is 6.07 Å². The van der Waals surface area contributed by atoms with Crippen LogP contribution >= 0.6 is 11.3 Å². The van der Waals surface area contributed by atoms with E-state index in [9.17, 15) is 4.79 Å². The molecule has 1 rings (SSSR count). The zero-order valence-corrected chi connectivity index (χ0v) is 7.93. The van der Waals surface area contributed by atoms with Crippen molar-refractivity contribution in [2.45, 2.75) is 12.8 Å². The van der Waals surface area contributed by atoms with Crippen LogP contribution in [0.1, 0.15) is 11.3 Å². The summed E-state index contributed by atoms with van der Waals surface area (Å²) >= 11 is 1.67. The molecule has 3 nitrogen and oxygen atoms in total. The van der Waals surface area contributed by atoms with Crippen molar-refractivity contribution in [2.24, 2.45) is 0 Å². The molecule has 0 radical (unpaired) electrons. The van der Waals surface area contributed by atoms with Gasteiger partial charge in [0.25, 0.3) is 0 Å². The molecule has 0 atom stereocenters. The Morgan fingerprint density at radius 2 is 2.54 bits per heavy atom. The lowest BCUT2D eigenvalue weighted by atomic mass is 10.3. The number of hydrogen-bond donors (Lipinski definition) is 1. The molecule has 1 aromatic heterocycles. The van der Waals surface area contributed by atoms with Crippen LogP contribution in [0.3, 0.4) is 0 Å². The SMILES string of the molecule is N#CCC(=O)NCCc1cccs1. The summed E-state index contributed by atoms with van der Waals surface area (Å²) in [6.45, 7) is 0.612. The normalized spacial score (nSPS) is 9.15. The van der Waals surface area contributed by atoms with Crippen molar-refractivity contribution in [3.63, 3.8) is 0 Å². The summed E-state index contributed by atoms with van der Waals surface area (Å²) in [6.07, 6.45) is 0.791. The van der Waals surface area contributed by atoms with Gasteiger partial charge in [-0.2, -0.15) is 5.26 Å². The van der Waals surface area contributed by atoms with Crippen molar-refractivity contribution in [2.75, 3.05) is 6.54 Å². The Morgan fingerprint density at radius 1 is 1.69 bits per heavy atom. The van der Waals surface area contributed by atoms with E-state index in [1.54, 1.807) is 17.4 Å². The van der Waals surface area contributed by atoms with Crippen LogP contribution in [0, 0.1) is 11.3 Å². The summed E-state index contributed by atoms with van der Waals surface area (Å²) in [4.78, 5) is 12.1. The van der Waals surface area contributed by atoms with E-state index in [0.29, 0.717) is 6.54 Å². The molecule has 0 saturated carbocycles. The monoisotopic (exact) mass is 194 g/mol. The number of carbonyl (C=O) groups is 1. The van der Waals surface area contributed by atoms with Gasteiger partial charge in [-0.1, -0.05) is 6.07 Å². The van der Waals surface area contributed by atoms with Crippen LogP contribution in [-0.2, 0) is 11.2 Å². The first-order valence-electron chi connectivity index (χ1n) is 3.99. The minimum absolute atomic E-state index is 0.0512. The van der Waals surface area contributed by atoms with Gasteiger partial charge in [0.1, 0.15) is 6.42 Å². The predicted octanol–water partition coefficient (Wildman–Crippen LogP) is 1.32. The van der Waals surface area contributed by atoms with E-state index in [2.05, 4.69) is 5.32 Å². The fourth-order valence-corrected chi connectivity index (χ4v) is 1.62. The molecule has 0 aliphatic rings. The van der Waals surface area contributed by atoms with E-state index in [4.69, 9.17) is 5.26 Å². The van der Waals surface area contributed by atoms with Gasteiger partial charge in [-0.25, -0.2) is 0 Å². The molecule has 0 aromatic carbocycles. The van der Waals surface area contributed by atoms with Crippen LogP contribution in [-0.4, -0.2) is 12.5 Å². The van der Waals surface area contributed by atoms with Crippen molar-refractivity contribution < 1.29 is 4.79 Å². The molecule has 0 bridgehead atoms. The largest absolute Gasteiger partial charge is 0.355 e. The molecule has 1 amide bonds. The molecule has 0 unspecified atom stereocenters. The van der Waals surface area contributed by atoms with Crippen LogP contribution in [0.5, 0.6) is 0 Å². The van der Waals surface area contributed by atoms with Gasteiger partial charge in [-0.15, -0.1) is 11.3 Å². The maximum Gasteiger partial charge on any atom is 0.234 e. The molecule has 0 fully saturated rings. The average molecular weight is 194 g/mol. The Labute approximate surface area is 81.0 Å². The van der Waals surface area contributed by atoms with E-state index >= 15 is 0 Å². The van der Waals surface area contributed by atoms with Crippen LogP contribution in [0.25, 0.3) is 0 Å². The molecule has 0 aliphatic heterocycles. The molecule has 0 spiro atoms. The van der Waals surface area contributed by atoms with Crippen LogP contribution < -0.4 is 5.32 Å². The van der Waals surface area contributed by atoms with Gasteiger partial charge in [0.05, 0.1) is 6.07 Å². The van der Waals surface area contributed by atoms with E-state index in [0.717, 1.165) is 6.42 Å². The molecular formula is C9H10N2OS. The summed E-state index contributed by atoms with van der Waals surface area (Å²) in [5, 5.41) is 12.9.